The highest BCUT2D eigenvalue weighted by Gasteiger charge is 2.10. The molecule has 0 aromatic heterocycles. The lowest BCUT2D eigenvalue weighted by Crippen LogP contribution is -2.35. The molecule has 1 aromatic carbocycles. The van der Waals surface area contributed by atoms with Crippen molar-refractivity contribution < 1.29 is 9.59 Å². The van der Waals surface area contributed by atoms with E-state index in [4.69, 9.17) is 11.6 Å². The van der Waals surface area contributed by atoms with Gasteiger partial charge in [-0.2, -0.15) is 5.10 Å². The topological polar surface area (TPSA) is 70.6 Å². The molecule has 23 heavy (non-hydrogen) atoms. The number of carbonyl (C=O) groups excluding carboxylic acids is 2. The molecule has 5 nitrogen and oxygen atoms in total. The van der Waals surface area contributed by atoms with Crippen molar-refractivity contribution in [3.63, 3.8) is 0 Å². The molecule has 122 valence electrons. The molecule has 1 aliphatic carbocycles. The van der Waals surface area contributed by atoms with Gasteiger partial charge in [0.25, 0.3) is 11.8 Å². The maximum Gasteiger partial charge on any atom is 0.259 e. The normalized spacial score (nSPS) is 17.7. The third kappa shape index (κ3) is 5.87. The quantitative estimate of drug-likeness (QED) is 0.494. The number of halogens is 1. The van der Waals surface area contributed by atoms with Crippen LogP contribution in [-0.2, 0) is 4.79 Å². The molecule has 2 N–H and O–H groups in total. The summed E-state index contributed by atoms with van der Waals surface area (Å²) >= 11 is 5.76. The Morgan fingerprint density at radius 2 is 2.09 bits per heavy atom. The lowest BCUT2D eigenvalue weighted by atomic mass is 9.91. The molecule has 0 saturated carbocycles. The van der Waals surface area contributed by atoms with Gasteiger partial charge >= 0.3 is 0 Å². The lowest BCUT2D eigenvalue weighted by Gasteiger charge is -2.15. The molecule has 0 heterocycles. The molecular formula is C17H20ClN3O2. The SMILES string of the molecule is CC1=CCC(/C=N/NC(=O)CNC(=O)c2ccc(Cl)cc2)CC1. The number of carbonyl (C=O) groups is 2. The van der Waals surface area contributed by atoms with Crippen molar-refractivity contribution in [2.24, 2.45) is 11.0 Å². The number of nitrogens with one attached hydrogen (secondary N) is 2. The Bertz CT molecular complexity index is 623. The van der Waals surface area contributed by atoms with Crippen LogP contribution in [0.15, 0.2) is 41.0 Å². The predicted octanol–water partition coefficient (Wildman–Crippen LogP) is 2.92. The Hall–Kier alpha value is -2.14. The van der Waals surface area contributed by atoms with Gasteiger partial charge < -0.3 is 5.32 Å². The van der Waals surface area contributed by atoms with E-state index in [-0.39, 0.29) is 18.4 Å². The summed E-state index contributed by atoms with van der Waals surface area (Å²) in [6.07, 6.45) is 7.05. The maximum absolute atomic E-state index is 11.8. The summed E-state index contributed by atoms with van der Waals surface area (Å²) in [5, 5.41) is 7.05. The number of amides is 2. The molecule has 0 aliphatic heterocycles. The molecule has 1 aliphatic rings. The Balaban J connectivity index is 1.70. The van der Waals surface area contributed by atoms with Crippen molar-refractivity contribution in [1.82, 2.24) is 10.7 Å². The van der Waals surface area contributed by atoms with Crippen molar-refractivity contribution in [2.75, 3.05) is 6.54 Å². The number of hydrogen-bond acceptors (Lipinski definition) is 3. The minimum absolute atomic E-state index is 0.123. The average molecular weight is 334 g/mol. The maximum atomic E-state index is 11.8. The van der Waals surface area contributed by atoms with Crippen molar-refractivity contribution in [3.05, 3.63) is 46.5 Å². The standard InChI is InChI=1S/C17H20ClN3O2/c1-12-2-4-13(5-3-12)10-20-21-16(22)11-19-17(23)14-6-8-15(18)9-7-14/h2,6-10,13H,3-5,11H2,1H3,(H,19,23)(H,21,22)/b20-10+. The van der Waals surface area contributed by atoms with Crippen LogP contribution in [0.3, 0.4) is 0 Å². The number of nitrogens with zero attached hydrogens (tertiary/aromatic N) is 1. The van der Waals surface area contributed by atoms with Crippen LogP contribution in [0.25, 0.3) is 0 Å². The molecule has 0 fully saturated rings. The van der Waals surface area contributed by atoms with Crippen molar-refractivity contribution in [1.29, 1.82) is 0 Å². The van der Waals surface area contributed by atoms with E-state index in [0.29, 0.717) is 16.5 Å². The molecule has 2 rings (SSSR count). The van der Waals surface area contributed by atoms with Crippen LogP contribution in [0.1, 0.15) is 36.5 Å². The zero-order valence-electron chi connectivity index (χ0n) is 13.0. The molecule has 1 aromatic rings. The summed E-state index contributed by atoms with van der Waals surface area (Å²) in [6.45, 7) is 2.00. The molecule has 0 saturated heterocycles. The van der Waals surface area contributed by atoms with Crippen molar-refractivity contribution in [2.45, 2.75) is 26.2 Å². The van der Waals surface area contributed by atoms with Gasteiger partial charge in [-0.1, -0.05) is 23.3 Å². The Labute approximate surface area is 140 Å². The second kappa shape index (κ2) is 8.48. The first-order chi connectivity index (χ1) is 11.0. The first-order valence-electron chi connectivity index (χ1n) is 7.56. The van der Waals surface area contributed by atoms with Gasteiger partial charge in [0.2, 0.25) is 0 Å². The van der Waals surface area contributed by atoms with E-state index in [1.807, 2.05) is 0 Å². The summed E-state index contributed by atoms with van der Waals surface area (Å²) in [6, 6.07) is 6.46. The average Bonchev–Trinajstić information content (AvgIpc) is 2.55. The molecule has 1 atom stereocenters. The first kappa shape index (κ1) is 17.2. The summed E-state index contributed by atoms with van der Waals surface area (Å²) in [5.74, 6) is -0.317. The third-order valence-electron chi connectivity index (χ3n) is 3.67. The number of hydrogen-bond donors (Lipinski definition) is 2. The summed E-state index contributed by atoms with van der Waals surface area (Å²) in [5.41, 5.74) is 4.29. The highest BCUT2D eigenvalue weighted by molar-refractivity contribution is 6.30. The molecule has 6 heteroatoms. The molecule has 0 spiro atoms. The highest BCUT2D eigenvalue weighted by atomic mass is 35.5. The summed E-state index contributed by atoms with van der Waals surface area (Å²) in [4.78, 5) is 23.5. The summed E-state index contributed by atoms with van der Waals surface area (Å²) in [7, 11) is 0. The van der Waals surface area contributed by atoms with Crippen LogP contribution >= 0.6 is 11.6 Å². The van der Waals surface area contributed by atoms with E-state index >= 15 is 0 Å². The number of allylic oxidation sites excluding steroid dienone is 2. The van der Waals surface area contributed by atoms with Crippen LogP contribution in [0.5, 0.6) is 0 Å². The van der Waals surface area contributed by atoms with Gasteiger partial charge in [0, 0.05) is 16.8 Å². The van der Waals surface area contributed by atoms with Crippen LogP contribution in [0.2, 0.25) is 5.02 Å². The monoisotopic (exact) mass is 333 g/mol. The zero-order valence-corrected chi connectivity index (χ0v) is 13.8. The van der Waals surface area contributed by atoms with Crippen LogP contribution in [0.4, 0.5) is 0 Å². The van der Waals surface area contributed by atoms with E-state index in [9.17, 15) is 9.59 Å². The fraction of sp³-hybridized carbons (Fsp3) is 0.353. The van der Waals surface area contributed by atoms with E-state index in [2.05, 4.69) is 28.8 Å². The second-order valence-electron chi connectivity index (χ2n) is 5.59. The first-order valence-corrected chi connectivity index (χ1v) is 7.94. The van der Waals surface area contributed by atoms with Crippen molar-refractivity contribution >= 4 is 29.6 Å². The van der Waals surface area contributed by atoms with Gasteiger partial charge in [-0.05, 0) is 56.4 Å². The number of benzene rings is 1. The Kier molecular flexibility index (Phi) is 6.35. The zero-order chi connectivity index (χ0) is 16.7. The summed E-state index contributed by atoms with van der Waals surface area (Å²) < 4.78 is 0. The van der Waals surface area contributed by atoms with E-state index in [0.717, 1.165) is 19.3 Å². The smallest absolute Gasteiger partial charge is 0.259 e. The molecule has 2 amide bonds. The lowest BCUT2D eigenvalue weighted by molar-refractivity contribution is -0.120. The third-order valence-corrected chi connectivity index (χ3v) is 3.92. The minimum atomic E-state index is -0.355. The Morgan fingerprint density at radius 3 is 2.74 bits per heavy atom. The van der Waals surface area contributed by atoms with E-state index in [1.165, 1.54) is 5.57 Å². The fourth-order valence-electron chi connectivity index (χ4n) is 2.24. The van der Waals surface area contributed by atoms with E-state index < -0.39 is 0 Å². The Morgan fingerprint density at radius 1 is 1.35 bits per heavy atom. The fourth-order valence-corrected chi connectivity index (χ4v) is 2.37. The minimum Gasteiger partial charge on any atom is -0.343 e. The second-order valence-corrected chi connectivity index (χ2v) is 6.02. The number of rotatable bonds is 5. The van der Waals surface area contributed by atoms with Gasteiger partial charge in [0.05, 0.1) is 6.54 Å². The van der Waals surface area contributed by atoms with Crippen LogP contribution < -0.4 is 10.7 Å². The van der Waals surface area contributed by atoms with Gasteiger partial charge in [0.1, 0.15) is 0 Å². The predicted molar refractivity (Wildman–Crippen MR) is 91.5 cm³/mol. The molecule has 0 bridgehead atoms. The molecular weight excluding hydrogens is 314 g/mol. The molecule has 1 unspecified atom stereocenters. The highest BCUT2D eigenvalue weighted by Crippen LogP contribution is 2.21. The van der Waals surface area contributed by atoms with Crippen LogP contribution in [0, 0.1) is 5.92 Å². The molecule has 0 radical (unpaired) electrons. The van der Waals surface area contributed by atoms with Gasteiger partial charge in [0.15, 0.2) is 0 Å². The largest absolute Gasteiger partial charge is 0.343 e. The van der Waals surface area contributed by atoms with Gasteiger partial charge in [-0.3, -0.25) is 9.59 Å². The van der Waals surface area contributed by atoms with Crippen molar-refractivity contribution in [3.8, 4) is 0 Å². The van der Waals surface area contributed by atoms with E-state index in [1.54, 1.807) is 30.5 Å². The van der Waals surface area contributed by atoms with Gasteiger partial charge in [-0.15, -0.1) is 0 Å². The van der Waals surface area contributed by atoms with Crippen LogP contribution in [-0.4, -0.2) is 24.6 Å². The number of hydrazone groups is 1. The van der Waals surface area contributed by atoms with Gasteiger partial charge in [-0.25, -0.2) is 5.43 Å².